The Hall–Kier alpha value is -3.93. The molecule has 0 radical (unpaired) electrons. The molecule has 0 unspecified atom stereocenters. The Morgan fingerprint density at radius 3 is 2.62 bits per heavy atom. The van der Waals surface area contributed by atoms with Gasteiger partial charge in [-0.25, -0.2) is 4.79 Å². The summed E-state index contributed by atoms with van der Waals surface area (Å²) in [6, 6.07) is 19.4. The largest absolute Gasteiger partial charge is 0.465 e. The minimum atomic E-state index is -0.342. The van der Waals surface area contributed by atoms with E-state index < -0.39 is 0 Å². The SMILES string of the molecule is COC(=O)c1ccc2c(c1)C(C)(C)C(=CN=Nc1ccc3oc4ccccc4c3c1)N2C. The van der Waals surface area contributed by atoms with E-state index in [2.05, 4.69) is 29.0 Å². The molecule has 2 heterocycles. The fourth-order valence-electron chi connectivity index (χ4n) is 4.44. The van der Waals surface area contributed by atoms with Crippen LogP contribution in [0.4, 0.5) is 11.4 Å². The monoisotopic (exact) mass is 425 g/mol. The molecule has 160 valence electrons. The predicted molar refractivity (Wildman–Crippen MR) is 126 cm³/mol. The Morgan fingerprint density at radius 1 is 1.03 bits per heavy atom. The third kappa shape index (κ3) is 3.07. The third-order valence-corrected chi connectivity index (χ3v) is 6.17. The van der Waals surface area contributed by atoms with Crippen LogP contribution in [0.25, 0.3) is 21.9 Å². The number of esters is 1. The van der Waals surface area contributed by atoms with Crippen molar-refractivity contribution >= 4 is 39.3 Å². The summed E-state index contributed by atoms with van der Waals surface area (Å²) in [4.78, 5) is 14.1. The number of ether oxygens (including phenoxy) is 1. The highest BCUT2D eigenvalue weighted by Crippen LogP contribution is 2.47. The van der Waals surface area contributed by atoms with Crippen molar-refractivity contribution in [2.75, 3.05) is 19.1 Å². The van der Waals surface area contributed by atoms with Gasteiger partial charge in [-0.15, -0.1) is 0 Å². The Kier molecular flexibility index (Phi) is 4.59. The molecular formula is C26H23N3O3. The van der Waals surface area contributed by atoms with Crippen molar-refractivity contribution in [2.45, 2.75) is 19.3 Å². The molecule has 1 aliphatic rings. The van der Waals surface area contributed by atoms with Gasteiger partial charge >= 0.3 is 5.97 Å². The number of rotatable bonds is 3. The van der Waals surface area contributed by atoms with E-state index in [1.54, 1.807) is 12.3 Å². The molecular weight excluding hydrogens is 402 g/mol. The average Bonchev–Trinajstić information content (AvgIpc) is 3.26. The molecule has 1 aromatic heterocycles. The van der Waals surface area contributed by atoms with Crippen LogP contribution in [-0.4, -0.2) is 20.1 Å². The van der Waals surface area contributed by atoms with E-state index in [1.807, 2.05) is 61.6 Å². The van der Waals surface area contributed by atoms with Crippen molar-refractivity contribution in [3.8, 4) is 0 Å². The molecule has 6 nitrogen and oxygen atoms in total. The first-order chi connectivity index (χ1) is 15.4. The van der Waals surface area contributed by atoms with Crippen molar-refractivity contribution in [3.63, 3.8) is 0 Å². The first-order valence-electron chi connectivity index (χ1n) is 10.4. The van der Waals surface area contributed by atoms with Crippen molar-refractivity contribution in [1.29, 1.82) is 0 Å². The summed E-state index contributed by atoms with van der Waals surface area (Å²) >= 11 is 0. The Balaban J connectivity index is 1.48. The van der Waals surface area contributed by atoms with Crippen LogP contribution >= 0.6 is 0 Å². The summed E-state index contributed by atoms with van der Waals surface area (Å²) < 4.78 is 10.8. The number of hydrogen-bond donors (Lipinski definition) is 0. The van der Waals surface area contributed by atoms with E-state index in [9.17, 15) is 4.79 Å². The van der Waals surface area contributed by atoms with Crippen molar-refractivity contribution in [3.05, 3.63) is 83.7 Å². The molecule has 1 aliphatic heterocycles. The molecule has 5 rings (SSSR count). The molecule has 0 aliphatic carbocycles. The molecule has 0 amide bonds. The smallest absolute Gasteiger partial charge is 0.337 e. The number of carbonyl (C=O) groups is 1. The highest BCUT2D eigenvalue weighted by molar-refractivity contribution is 6.05. The van der Waals surface area contributed by atoms with Gasteiger partial charge in [-0.3, -0.25) is 0 Å². The number of carbonyl (C=O) groups excluding carboxylic acids is 1. The number of anilines is 1. The summed E-state index contributed by atoms with van der Waals surface area (Å²) in [6.45, 7) is 4.23. The van der Waals surface area contributed by atoms with Gasteiger partial charge in [-0.05, 0) is 48.0 Å². The zero-order chi connectivity index (χ0) is 22.5. The molecule has 0 saturated carbocycles. The van der Waals surface area contributed by atoms with E-state index in [1.165, 1.54) is 7.11 Å². The molecule has 3 aromatic carbocycles. The van der Waals surface area contributed by atoms with Crippen LogP contribution in [0.15, 0.2) is 87.2 Å². The van der Waals surface area contributed by atoms with Crippen LogP contribution in [0.2, 0.25) is 0 Å². The lowest BCUT2D eigenvalue weighted by atomic mass is 9.83. The van der Waals surface area contributed by atoms with Crippen LogP contribution in [0.5, 0.6) is 0 Å². The molecule has 0 bridgehead atoms. The van der Waals surface area contributed by atoms with Gasteiger partial charge in [0.25, 0.3) is 0 Å². The number of furan rings is 1. The van der Waals surface area contributed by atoms with Crippen LogP contribution in [0.1, 0.15) is 29.8 Å². The van der Waals surface area contributed by atoms with E-state index in [4.69, 9.17) is 9.15 Å². The molecule has 0 N–H and O–H groups in total. The van der Waals surface area contributed by atoms with Crippen molar-refractivity contribution in [2.24, 2.45) is 10.2 Å². The molecule has 0 fully saturated rings. The second kappa shape index (κ2) is 7.34. The zero-order valence-electron chi connectivity index (χ0n) is 18.4. The lowest BCUT2D eigenvalue weighted by molar-refractivity contribution is 0.0600. The summed E-state index contributed by atoms with van der Waals surface area (Å²) in [5.74, 6) is -0.342. The number of methoxy groups -OCH3 is 1. The van der Waals surface area contributed by atoms with Gasteiger partial charge in [0.05, 0.1) is 24.6 Å². The lowest BCUT2D eigenvalue weighted by Gasteiger charge is -2.22. The molecule has 4 aromatic rings. The number of nitrogens with zero attached hydrogens (tertiary/aromatic N) is 3. The molecule has 0 saturated heterocycles. The van der Waals surface area contributed by atoms with E-state index in [0.717, 1.165) is 44.6 Å². The quantitative estimate of drug-likeness (QED) is 0.270. The molecule has 0 spiro atoms. The van der Waals surface area contributed by atoms with Gasteiger partial charge in [-0.1, -0.05) is 32.0 Å². The number of benzene rings is 3. The summed E-state index contributed by atoms with van der Waals surface area (Å²) in [5.41, 5.74) is 5.73. The zero-order valence-corrected chi connectivity index (χ0v) is 18.4. The third-order valence-electron chi connectivity index (χ3n) is 6.17. The normalized spacial score (nSPS) is 16.4. The van der Waals surface area contributed by atoms with E-state index in [-0.39, 0.29) is 11.4 Å². The van der Waals surface area contributed by atoms with Crippen LogP contribution in [0.3, 0.4) is 0 Å². The second-order valence-electron chi connectivity index (χ2n) is 8.42. The number of para-hydroxylation sites is 1. The lowest BCUT2D eigenvalue weighted by Crippen LogP contribution is -2.22. The average molecular weight is 425 g/mol. The topological polar surface area (TPSA) is 67.4 Å². The summed E-state index contributed by atoms with van der Waals surface area (Å²) in [5, 5.41) is 10.9. The minimum absolute atomic E-state index is 0.335. The van der Waals surface area contributed by atoms with E-state index >= 15 is 0 Å². The van der Waals surface area contributed by atoms with Gasteiger partial charge in [0.2, 0.25) is 0 Å². The molecule has 6 heteroatoms. The fraction of sp³-hybridized carbons (Fsp3) is 0.192. The first-order valence-corrected chi connectivity index (χ1v) is 10.4. The maximum absolute atomic E-state index is 12.0. The Morgan fingerprint density at radius 2 is 1.81 bits per heavy atom. The number of fused-ring (bicyclic) bond motifs is 4. The minimum Gasteiger partial charge on any atom is -0.465 e. The maximum Gasteiger partial charge on any atom is 0.337 e. The fourth-order valence-corrected chi connectivity index (χ4v) is 4.44. The maximum atomic E-state index is 12.0. The standard InChI is InChI=1S/C26H23N3O3/c1-26(2)20-13-16(25(30)31-4)9-11-21(20)29(3)24(26)15-27-28-17-10-12-23-19(14-17)18-7-5-6-8-22(18)32-23/h5-15H,1-4H3. The van der Waals surface area contributed by atoms with Crippen LogP contribution in [0, 0.1) is 0 Å². The molecule has 32 heavy (non-hydrogen) atoms. The van der Waals surface area contributed by atoms with Gasteiger partial charge in [0.15, 0.2) is 0 Å². The van der Waals surface area contributed by atoms with E-state index in [0.29, 0.717) is 5.56 Å². The summed E-state index contributed by atoms with van der Waals surface area (Å²) in [6.07, 6.45) is 1.79. The first kappa shape index (κ1) is 20.0. The van der Waals surface area contributed by atoms with Gasteiger partial charge in [-0.2, -0.15) is 10.2 Å². The Bertz CT molecular complexity index is 1430. The Labute approximate surface area is 185 Å². The highest BCUT2D eigenvalue weighted by Gasteiger charge is 2.39. The molecule has 0 atom stereocenters. The number of allylic oxidation sites excluding steroid dienone is 1. The van der Waals surface area contributed by atoms with Gasteiger partial charge in [0, 0.05) is 34.6 Å². The van der Waals surface area contributed by atoms with Crippen molar-refractivity contribution < 1.29 is 13.9 Å². The highest BCUT2D eigenvalue weighted by atomic mass is 16.5. The predicted octanol–water partition coefficient (Wildman–Crippen LogP) is 6.73. The number of likely N-dealkylation sites (N-methyl/N-ethyl adjacent to an activating group) is 1. The van der Waals surface area contributed by atoms with Gasteiger partial charge in [0.1, 0.15) is 11.2 Å². The van der Waals surface area contributed by atoms with Gasteiger partial charge < -0.3 is 14.1 Å². The van der Waals surface area contributed by atoms with Crippen LogP contribution < -0.4 is 4.90 Å². The second-order valence-corrected chi connectivity index (χ2v) is 8.42. The number of hydrogen-bond acceptors (Lipinski definition) is 6. The van der Waals surface area contributed by atoms with Crippen LogP contribution in [-0.2, 0) is 10.2 Å². The number of azo groups is 1. The van der Waals surface area contributed by atoms with Crippen molar-refractivity contribution in [1.82, 2.24) is 0 Å². The summed E-state index contributed by atoms with van der Waals surface area (Å²) in [7, 11) is 3.39.